The van der Waals surface area contributed by atoms with Crippen LogP contribution in [-0.4, -0.2) is 42.2 Å². The van der Waals surface area contributed by atoms with E-state index in [0.717, 1.165) is 16.3 Å². The molecular formula is C19H23N3O3S2. The highest BCUT2D eigenvalue weighted by Gasteiger charge is 2.36. The molecule has 1 aromatic carbocycles. The largest absolute Gasteiger partial charge is 0.347 e. The first-order valence-electron chi connectivity index (χ1n) is 8.71. The van der Waals surface area contributed by atoms with Gasteiger partial charge in [0.1, 0.15) is 0 Å². The number of hydrogen-bond donors (Lipinski definition) is 1. The Kier molecular flexibility index (Phi) is 5.50. The van der Waals surface area contributed by atoms with Gasteiger partial charge in [-0.15, -0.1) is 11.3 Å². The number of carbonyl (C=O) groups is 1. The average molecular weight is 406 g/mol. The van der Waals surface area contributed by atoms with Crippen molar-refractivity contribution in [1.82, 2.24) is 14.6 Å². The monoisotopic (exact) mass is 405 g/mol. The molecule has 0 bridgehead atoms. The highest BCUT2D eigenvalue weighted by atomic mass is 32.2. The maximum atomic E-state index is 12.9. The van der Waals surface area contributed by atoms with Crippen LogP contribution in [0.4, 0.5) is 0 Å². The van der Waals surface area contributed by atoms with Gasteiger partial charge in [-0.25, -0.2) is 13.4 Å². The van der Waals surface area contributed by atoms with Gasteiger partial charge in [0, 0.05) is 29.6 Å². The number of thiazole rings is 1. The van der Waals surface area contributed by atoms with Crippen LogP contribution in [0.25, 0.3) is 11.3 Å². The number of rotatable bonds is 5. The maximum absolute atomic E-state index is 12.9. The van der Waals surface area contributed by atoms with Crippen molar-refractivity contribution in [2.75, 3.05) is 13.1 Å². The zero-order valence-electron chi connectivity index (χ0n) is 15.4. The van der Waals surface area contributed by atoms with Crippen molar-refractivity contribution in [1.29, 1.82) is 0 Å². The number of benzene rings is 1. The van der Waals surface area contributed by atoms with E-state index in [1.54, 1.807) is 35.6 Å². The molecule has 0 radical (unpaired) electrons. The fraction of sp³-hybridized carbons (Fsp3) is 0.368. The van der Waals surface area contributed by atoms with E-state index in [9.17, 15) is 13.2 Å². The van der Waals surface area contributed by atoms with Crippen molar-refractivity contribution in [3.05, 3.63) is 47.3 Å². The van der Waals surface area contributed by atoms with E-state index in [-0.39, 0.29) is 10.8 Å². The smallest absolute Gasteiger partial charge is 0.243 e. The molecule has 0 saturated carbocycles. The molecule has 1 aliphatic heterocycles. The van der Waals surface area contributed by atoms with E-state index in [2.05, 4.69) is 16.9 Å². The second-order valence-corrected chi connectivity index (χ2v) is 9.93. The van der Waals surface area contributed by atoms with Crippen LogP contribution in [0, 0.1) is 6.92 Å². The molecule has 3 rings (SSSR count). The molecule has 1 amide bonds. The molecule has 0 aliphatic carbocycles. The number of amides is 1. The Morgan fingerprint density at radius 1 is 1.30 bits per heavy atom. The summed E-state index contributed by atoms with van der Waals surface area (Å²) in [6.45, 7) is 8.06. The first-order valence-corrected chi connectivity index (χ1v) is 11.0. The van der Waals surface area contributed by atoms with Crippen LogP contribution in [0.1, 0.15) is 24.8 Å². The molecule has 1 saturated heterocycles. The Hall–Kier alpha value is -2.03. The number of sulfonamides is 1. The highest BCUT2D eigenvalue weighted by Crippen LogP contribution is 2.28. The summed E-state index contributed by atoms with van der Waals surface area (Å²) in [7, 11) is -3.56. The van der Waals surface area contributed by atoms with E-state index in [0.29, 0.717) is 25.9 Å². The normalized spacial score (nSPS) is 17.4. The van der Waals surface area contributed by atoms with Gasteiger partial charge in [0.2, 0.25) is 15.9 Å². The second kappa shape index (κ2) is 7.53. The van der Waals surface area contributed by atoms with Gasteiger partial charge in [0.15, 0.2) is 0 Å². The first kappa shape index (κ1) is 19.7. The van der Waals surface area contributed by atoms with Gasteiger partial charge in [-0.1, -0.05) is 18.7 Å². The minimum absolute atomic E-state index is 0.235. The van der Waals surface area contributed by atoms with Gasteiger partial charge >= 0.3 is 0 Å². The van der Waals surface area contributed by atoms with Crippen LogP contribution in [0.2, 0.25) is 0 Å². The molecular weight excluding hydrogens is 382 g/mol. The standard InChI is InChI=1S/C19H23N3O3S2/c1-4-18(23)21-19(3)9-11-22(12-10-19)27(24,25)16-7-5-15(6-8-16)17-13-26-14(2)20-17/h4-8,13H,1,9-12H2,2-3H3,(H,21,23). The van der Waals surface area contributed by atoms with Crippen LogP contribution in [0.15, 0.2) is 47.2 Å². The van der Waals surface area contributed by atoms with E-state index in [4.69, 9.17) is 0 Å². The highest BCUT2D eigenvalue weighted by molar-refractivity contribution is 7.89. The molecule has 1 aliphatic rings. The molecule has 6 nitrogen and oxygen atoms in total. The molecule has 144 valence electrons. The summed E-state index contributed by atoms with van der Waals surface area (Å²) in [6, 6.07) is 6.85. The zero-order chi connectivity index (χ0) is 19.7. The van der Waals surface area contributed by atoms with Gasteiger partial charge in [0.25, 0.3) is 0 Å². The van der Waals surface area contributed by atoms with Gasteiger partial charge in [0.05, 0.1) is 15.6 Å². The van der Waals surface area contributed by atoms with E-state index in [1.165, 1.54) is 10.4 Å². The average Bonchev–Trinajstić information content (AvgIpc) is 3.08. The third-order valence-corrected chi connectivity index (χ3v) is 7.53. The predicted molar refractivity (Wildman–Crippen MR) is 107 cm³/mol. The van der Waals surface area contributed by atoms with Crippen molar-refractivity contribution < 1.29 is 13.2 Å². The Labute approximate surface area is 164 Å². The third kappa shape index (κ3) is 4.28. The lowest BCUT2D eigenvalue weighted by Gasteiger charge is -2.39. The maximum Gasteiger partial charge on any atom is 0.243 e. The van der Waals surface area contributed by atoms with Crippen molar-refractivity contribution >= 4 is 27.3 Å². The first-order chi connectivity index (χ1) is 12.7. The van der Waals surface area contributed by atoms with Crippen molar-refractivity contribution in [2.24, 2.45) is 0 Å². The molecule has 0 spiro atoms. The van der Waals surface area contributed by atoms with Crippen LogP contribution in [-0.2, 0) is 14.8 Å². The number of aromatic nitrogens is 1. The van der Waals surface area contributed by atoms with Crippen LogP contribution < -0.4 is 5.32 Å². The third-order valence-electron chi connectivity index (χ3n) is 4.84. The zero-order valence-corrected chi connectivity index (χ0v) is 17.1. The van der Waals surface area contributed by atoms with Crippen molar-refractivity contribution in [3.8, 4) is 11.3 Å². The van der Waals surface area contributed by atoms with E-state index in [1.807, 2.05) is 19.2 Å². The number of nitrogens with one attached hydrogen (secondary N) is 1. The number of nitrogens with zero attached hydrogens (tertiary/aromatic N) is 2. The quantitative estimate of drug-likeness (QED) is 0.776. The van der Waals surface area contributed by atoms with Crippen molar-refractivity contribution in [3.63, 3.8) is 0 Å². The minimum Gasteiger partial charge on any atom is -0.347 e. The number of hydrogen-bond acceptors (Lipinski definition) is 5. The Balaban J connectivity index is 1.72. The number of piperidine rings is 1. The molecule has 1 fully saturated rings. The summed E-state index contributed by atoms with van der Waals surface area (Å²) in [5.74, 6) is -0.235. The van der Waals surface area contributed by atoms with Crippen LogP contribution >= 0.6 is 11.3 Å². The lowest BCUT2D eigenvalue weighted by molar-refractivity contribution is -0.118. The topological polar surface area (TPSA) is 79.4 Å². The Morgan fingerprint density at radius 2 is 1.93 bits per heavy atom. The predicted octanol–water partition coefficient (Wildman–Crippen LogP) is 2.96. The Morgan fingerprint density at radius 3 is 2.44 bits per heavy atom. The molecule has 0 atom stereocenters. The molecule has 2 aromatic rings. The van der Waals surface area contributed by atoms with E-state index >= 15 is 0 Å². The summed E-state index contributed by atoms with van der Waals surface area (Å²) in [6.07, 6.45) is 2.35. The van der Waals surface area contributed by atoms with Crippen LogP contribution in [0.3, 0.4) is 0 Å². The van der Waals surface area contributed by atoms with E-state index < -0.39 is 15.6 Å². The Bertz CT molecular complexity index is 941. The summed E-state index contributed by atoms with van der Waals surface area (Å²) >= 11 is 1.56. The second-order valence-electron chi connectivity index (χ2n) is 6.93. The fourth-order valence-corrected chi connectivity index (χ4v) is 5.20. The molecule has 1 N–H and O–H groups in total. The molecule has 27 heavy (non-hydrogen) atoms. The van der Waals surface area contributed by atoms with Gasteiger partial charge < -0.3 is 5.32 Å². The van der Waals surface area contributed by atoms with Gasteiger partial charge in [-0.3, -0.25) is 4.79 Å². The lowest BCUT2D eigenvalue weighted by Crippen LogP contribution is -2.53. The lowest BCUT2D eigenvalue weighted by atomic mass is 9.90. The van der Waals surface area contributed by atoms with Crippen LogP contribution in [0.5, 0.6) is 0 Å². The summed E-state index contributed by atoms with van der Waals surface area (Å²) in [5, 5.41) is 5.83. The summed E-state index contributed by atoms with van der Waals surface area (Å²) in [5.41, 5.74) is 1.34. The molecule has 8 heteroatoms. The minimum atomic E-state index is -3.56. The summed E-state index contributed by atoms with van der Waals surface area (Å²) < 4.78 is 27.4. The van der Waals surface area contributed by atoms with Gasteiger partial charge in [-0.2, -0.15) is 4.31 Å². The fourth-order valence-electron chi connectivity index (χ4n) is 3.14. The van der Waals surface area contributed by atoms with Crippen molar-refractivity contribution in [2.45, 2.75) is 37.1 Å². The number of aryl methyl sites for hydroxylation is 1. The summed E-state index contributed by atoms with van der Waals surface area (Å²) in [4.78, 5) is 16.3. The molecule has 1 aromatic heterocycles. The molecule has 0 unspecified atom stereocenters. The number of carbonyl (C=O) groups excluding carboxylic acids is 1. The SMILES string of the molecule is C=CC(=O)NC1(C)CCN(S(=O)(=O)c2ccc(-c3csc(C)n3)cc2)CC1. The van der Waals surface area contributed by atoms with Gasteiger partial charge in [-0.05, 0) is 44.9 Å². The molecule has 2 heterocycles.